The first-order valence-corrected chi connectivity index (χ1v) is 10.2. The lowest BCUT2D eigenvalue weighted by Gasteiger charge is -2.26. The quantitative estimate of drug-likeness (QED) is 0.731. The second-order valence-corrected chi connectivity index (χ2v) is 8.06. The molecule has 0 spiro atoms. The van der Waals surface area contributed by atoms with Crippen molar-refractivity contribution in [3.8, 4) is 0 Å². The Balaban J connectivity index is 0.00000280. The predicted octanol–water partition coefficient (Wildman–Crippen LogP) is 1.56. The molecule has 1 unspecified atom stereocenters. The van der Waals surface area contributed by atoms with Gasteiger partial charge in [-0.2, -0.15) is 0 Å². The normalized spacial score (nSPS) is 15.5. The van der Waals surface area contributed by atoms with Crippen molar-refractivity contribution < 1.29 is 17.9 Å². The fourth-order valence-electron chi connectivity index (χ4n) is 2.83. The molecule has 9 heteroatoms. The summed E-state index contributed by atoms with van der Waals surface area (Å²) in [6.07, 6.45) is 0. The molecule has 28 heavy (non-hydrogen) atoms. The number of hydrogen-bond donors (Lipinski definition) is 2. The highest BCUT2D eigenvalue weighted by Crippen LogP contribution is 2.14. The Morgan fingerprint density at radius 1 is 1.07 bits per heavy atom. The average molecular weight is 426 g/mol. The number of amides is 1. The monoisotopic (exact) mass is 425 g/mol. The standard InChI is InChI=1S/C19H23N3O4S.ClH/c20-18(15-4-2-1-3-5-15)14-21-27(24,25)17-8-6-16(7-9-17)19(23)22-10-12-26-13-11-22;/h1-9,18,21H,10-14,20H2;1H. The van der Waals surface area contributed by atoms with Gasteiger partial charge < -0.3 is 15.4 Å². The Labute approximate surface area is 171 Å². The van der Waals surface area contributed by atoms with Gasteiger partial charge in [0.2, 0.25) is 10.0 Å². The third-order valence-electron chi connectivity index (χ3n) is 4.43. The highest BCUT2D eigenvalue weighted by Gasteiger charge is 2.20. The van der Waals surface area contributed by atoms with Crippen molar-refractivity contribution in [3.63, 3.8) is 0 Å². The van der Waals surface area contributed by atoms with Crippen molar-refractivity contribution in [3.05, 3.63) is 65.7 Å². The first kappa shape index (κ1) is 22.3. The molecule has 2 aromatic carbocycles. The summed E-state index contributed by atoms with van der Waals surface area (Å²) in [6, 6.07) is 14.8. The second kappa shape index (κ2) is 9.99. The smallest absolute Gasteiger partial charge is 0.254 e. The summed E-state index contributed by atoms with van der Waals surface area (Å²) in [7, 11) is -3.71. The Morgan fingerprint density at radius 2 is 1.68 bits per heavy atom. The van der Waals surface area contributed by atoms with Gasteiger partial charge in [0.1, 0.15) is 0 Å². The number of carbonyl (C=O) groups excluding carboxylic acids is 1. The minimum absolute atomic E-state index is 0. The molecule has 1 saturated heterocycles. The molecule has 0 aliphatic carbocycles. The summed E-state index contributed by atoms with van der Waals surface area (Å²) in [6.45, 7) is 2.20. The maximum absolute atomic E-state index is 12.5. The van der Waals surface area contributed by atoms with E-state index < -0.39 is 16.1 Å². The Morgan fingerprint density at radius 3 is 2.29 bits per heavy atom. The van der Waals surface area contributed by atoms with Crippen LogP contribution in [0.25, 0.3) is 0 Å². The van der Waals surface area contributed by atoms with Crippen molar-refractivity contribution in [2.45, 2.75) is 10.9 Å². The second-order valence-electron chi connectivity index (χ2n) is 6.30. The van der Waals surface area contributed by atoms with E-state index in [-0.39, 0.29) is 29.8 Å². The largest absolute Gasteiger partial charge is 0.378 e. The molecule has 0 radical (unpaired) electrons. The number of ether oxygens (including phenoxy) is 1. The number of nitrogens with zero attached hydrogens (tertiary/aromatic N) is 1. The molecule has 1 heterocycles. The SMILES string of the molecule is Cl.NC(CNS(=O)(=O)c1ccc(C(=O)N2CCOCC2)cc1)c1ccccc1. The molecule has 0 bridgehead atoms. The lowest BCUT2D eigenvalue weighted by Crippen LogP contribution is -2.40. The third kappa shape index (κ3) is 5.52. The van der Waals surface area contributed by atoms with E-state index in [0.717, 1.165) is 5.56 Å². The van der Waals surface area contributed by atoms with Crippen LogP contribution in [0.2, 0.25) is 0 Å². The molecule has 3 rings (SSSR count). The molecule has 2 aromatic rings. The van der Waals surface area contributed by atoms with E-state index in [0.29, 0.717) is 31.9 Å². The molecule has 1 atom stereocenters. The summed E-state index contributed by atoms with van der Waals surface area (Å²) in [5.74, 6) is -0.124. The molecule has 3 N–H and O–H groups in total. The van der Waals surface area contributed by atoms with Crippen molar-refractivity contribution in [2.24, 2.45) is 5.73 Å². The fraction of sp³-hybridized carbons (Fsp3) is 0.316. The van der Waals surface area contributed by atoms with Gasteiger partial charge in [0.15, 0.2) is 0 Å². The van der Waals surface area contributed by atoms with E-state index in [9.17, 15) is 13.2 Å². The lowest BCUT2D eigenvalue weighted by atomic mass is 10.1. The van der Waals surface area contributed by atoms with E-state index in [4.69, 9.17) is 10.5 Å². The van der Waals surface area contributed by atoms with Crippen molar-refractivity contribution in [1.82, 2.24) is 9.62 Å². The van der Waals surface area contributed by atoms with Crippen LogP contribution in [-0.2, 0) is 14.8 Å². The van der Waals surface area contributed by atoms with Crippen LogP contribution in [0, 0.1) is 0 Å². The van der Waals surface area contributed by atoms with E-state index in [1.807, 2.05) is 30.3 Å². The first-order valence-electron chi connectivity index (χ1n) is 8.74. The molecule has 1 aliphatic heterocycles. The number of benzene rings is 2. The van der Waals surface area contributed by atoms with Gasteiger partial charge >= 0.3 is 0 Å². The zero-order chi connectivity index (χ0) is 19.3. The summed E-state index contributed by atoms with van der Waals surface area (Å²) >= 11 is 0. The van der Waals surface area contributed by atoms with Crippen molar-refractivity contribution >= 4 is 28.3 Å². The van der Waals surface area contributed by atoms with E-state index in [1.54, 1.807) is 4.90 Å². The van der Waals surface area contributed by atoms with Crippen LogP contribution in [0.15, 0.2) is 59.5 Å². The number of hydrogen-bond acceptors (Lipinski definition) is 5. The maximum Gasteiger partial charge on any atom is 0.254 e. The van der Waals surface area contributed by atoms with E-state index >= 15 is 0 Å². The summed E-state index contributed by atoms with van der Waals surface area (Å²) in [4.78, 5) is 14.2. The molecule has 152 valence electrons. The molecule has 0 saturated carbocycles. The maximum atomic E-state index is 12.5. The number of nitrogens with two attached hydrogens (primary N) is 1. The number of halogens is 1. The van der Waals surface area contributed by atoms with Gasteiger partial charge in [-0.15, -0.1) is 12.4 Å². The minimum Gasteiger partial charge on any atom is -0.378 e. The number of rotatable bonds is 6. The highest BCUT2D eigenvalue weighted by atomic mass is 35.5. The molecule has 1 amide bonds. The Kier molecular flexibility index (Phi) is 7.97. The number of sulfonamides is 1. The average Bonchev–Trinajstić information content (AvgIpc) is 2.73. The van der Waals surface area contributed by atoms with Crippen LogP contribution in [0.3, 0.4) is 0 Å². The van der Waals surface area contributed by atoms with Crippen LogP contribution < -0.4 is 10.5 Å². The van der Waals surface area contributed by atoms with E-state index in [2.05, 4.69) is 4.72 Å². The molecule has 7 nitrogen and oxygen atoms in total. The van der Waals surface area contributed by atoms with E-state index in [1.165, 1.54) is 24.3 Å². The predicted molar refractivity (Wildman–Crippen MR) is 109 cm³/mol. The van der Waals surface area contributed by atoms with Gasteiger partial charge in [0, 0.05) is 31.2 Å². The minimum atomic E-state index is -3.71. The van der Waals surface area contributed by atoms with Gasteiger partial charge in [-0.25, -0.2) is 13.1 Å². The topological polar surface area (TPSA) is 102 Å². The molecule has 1 fully saturated rings. The molecular formula is C19H24ClN3O4S. The van der Waals surface area contributed by atoms with Crippen LogP contribution >= 0.6 is 12.4 Å². The summed E-state index contributed by atoms with van der Waals surface area (Å²) < 4.78 is 32.7. The van der Waals surface area contributed by atoms with Crippen LogP contribution in [0.1, 0.15) is 22.0 Å². The zero-order valence-corrected chi connectivity index (χ0v) is 16.9. The zero-order valence-electron chi connectivity index (χ0n) is 15.3. The lowest BCUT2D eigenvalue weighted by molar-refractivity contribution is 0.0303. The number of morpholine rings is 1. The molecular weight excluding hydrogens is 402 g/mol. The summed E-state index contributed by atoms with van der Waals surface area (Å²) in [5, 5.41) is 0. The third-order valence-corrected chi connectivity index (χ3v) is 5.87. The fourth-order valence-corrected chi connectivity index (χ4v) is 3.89. The Bertz CT molecular complexity index is 870. The highest BCUT2D eigenvalue weighted by molar-refractivity contribution is 7.89. The van der Waals surface area contributed by atoms with Gasteiger partial charge in [-0.05, 0) is 29.8 Å². The summed E-state index contributed by atoms with van der Waals surface area (Å²) in [5.41, 5.74) is 7.35. The van der Waals surface area contributed by atoms with Gasteiger partial charge in [-0.3, -0.25) is 4.79 Å². The number of nitrogens with one attached hydrogen (secondary N) is 1. The van der Waals surface area contributed by atoms with Gasteiger partial charge in [-0.1, -0.05) is 30.3 Å². The number of carbonyl (C=O) groups is 1. The first-order chi connectivity index (χ1) is 13.0. The van der Waals surface area contributed by atoms with Crippen LogP contribution in [0.5, 0.6) is 0 Å². The van der Waals surface area contributed by atoms with Crippen LogP contribution in [-0.4, -0.2) is 52.1 Å². The molecule has 0 aromatic heterocycles. The van der Waals surface area contributed by atoms with Crippen molar-refractivity contribution in [1.29, 1.82) is 0 Å². The van der Waals surface area contributed by atoms with Gasteiger partial charge in [0.25, 0.3) is 5.91 Å². The van der Waals surface area contributed by atoms with Crippen molar-refractivity contribution in [2.75, 3.05) is 32.8 Å². The van der Waals surface area contributed by atoms with Gasteiger partial charge in [0.05, 0.1) is 18.1 Å². The molecule has 1 aliphatic rings. The Hall–Kier alpha value is -1.97. The van der Waals surface area contributed by atoms with Crippen LogP contribution in [0.4, 0.5) is 0 Å².